The van der Waals surface area contributed by atoms with Crippen LogP contribution in [0.5, 0.6) is 0 Å². The van der Waals surface area contributed by atoms with Crippen molar-refractivity contribution in [3.05, 3.63) is 21.0 Å². The molecule has 1 heterocycles. The van der Waals surface area contributed by atoms with Crippen molar-refractivity contribution in [2.75, 3.05) is 11.9 Å². The Labute approximate surface area is 132 Å². The van der Waals surface area contributed by atoms with E-state index in [-0.39, 0.29) is 17.6 Å². The summed E-state index contributed by atoms with van der Waals surface area (Å²) < 4.78 is 2.27. The van der Waals surface area contributed by atoms with Crippen molar-refractivity contribution in [2.45, 2.75) is 51.2 Å². The smallest absolute Gasteiger partial charge is 0.291 e. The molecule has 5 nitrogen and oxygen atoms in total. The molecule has 0 saturated heterocycles. The maximum Gasteiger partial charge on any atom is 0.291 e. The third-order valence-corrected chi connectivity index (χ3v) is 5.41. The van der Waals surface area contributed by atoms with Crippen LogP contribution in [0.3, 0.4) is 0 Å². The molecule has 21 heavy (non-hydrogen) atoms. The standard InChI is InChI=1S/C15H22BrN3O2/c16-12-8-18-19(9-10-3-1-4-10)15(21)14(12)17-7-11-5-2-6-13(11)20/h8,10-11,13,17,20H,1-7,9H2. The third kappa shape index (κ3) is 3.31. The second-order valence-electron chi connectivity index (χ2n) is 6.29. The minimum Gasteiger partial charge on any atom is -0.393 e. The van der Waals surface area contributed by atoms with E-state index in [9.17, 15) is 9.90 Å². The lowest BCUT2D eigenvalue weighted by atomic mass is 9.85. The molecule has 3 rings (SSSR count). The van der Waals surface area contributed by atoms with Gasteiger partial charge >= 0.3 is 0 Å². The van der Waals surface area contributed by atoms with Crippen LogP contribution in [0.25, 0.3) is 0 Å². The van der Waals surface area contributed by atoms with E-state index >= 15 is 0 Å². The van der Waals surface area contributed by atoms with E-state index in [2.05, 4.69) is 26.3 Å². The zero-order valence-electron chi connectivity index (χ0n) is 12.1. The number of nitrogens with one attached hydrogen (secondary N) is 1. The SMILES string of the molecule is O=c1c(NCC2CCCC2O)c(Br)cnn1CC1CCC1. The molecule has 116 valence electrons. The van der Waals surface area contributed by atoms with Gasteiger partial charge in [-0.15, -0.1) is 0 Å². The number of hydrogen-bond acceptors (Lipinski definition) is 4. The Bertz CT molecular complexity index is 556. The Morgan fingerprint density at radius 1 is 1.33 bits per heavy atom. The van der Waals surface area contributed by atoms with Gasteiger partial charge in [0.1, 0.15) is 5.69 Å². The average molecular weight is 356 g/mol. The van der Waals surface area contributed by atoms with Crippen molar-refractivity contribution in [2.24, 2.45) is 11.8 Å². The van der Waals surface area contributed by atoms with E-state index in [1.165, 1.54) is 19.3 Å². The Morgan fingerprint density at radius 3 is 2.71 bits per heavy atom. The fourth-order valence-corrected chi connectivity index (χ4v) is 3.57. The number of aromatic nitrogens is 2. The molecule has 1 aromatic rings. The van der Waals surface area contributed by atoms with Crippen LogP contribution >= 0.6 is 15.9 Å². The summed E-state index contributed by atoms with van der Waals surface area (Å²) >= 11 is 3.40. The van der Waals surface area contributed by atoms with Gasteiger partial charge in [-0.2, -0.15) is 5.10 Å². The summed E-state index contributed by atoms with van der Waals surface area (Å²) in [5.41, 5.74) is 0.507. The van der Waals surface area contributed by atoms with Gasteiger partial charge in [0.2, 0.25) is 0 Å². The first-order valence-corrected chi connectivity index (χ1v) is 8.62. The Hall–Kier alpha value is -0.880. The molecule has 6 heteroatoms. The maximum absolute atomic E-state index is 12.5. The van der Waals surface area contributed by atoms with Gasteiger partial charge in [0.25, 0.3) is 5.56 Å². The first-order valence-electron chi connectivity index (χ1n) is 7.82. The number of halogens is 1. The van der Waals surface area contributed by atoms with Gasteiger partial charge in [-0.1, -0.05) is 12.8 Å². The summed E-state index contributed by atoms with van der Waals surface area (Å²) in [7, 11) is 0. The summed E-state index contributed by atoms with van der Waals surface area (Å²) in [5, 5.41) is 17.3. The molecule has 2 N–H and O–H groups in total. The molecule has 0 radical (unpaired) electrons. The molecule has 0 spiro atoms. The molecular formula is C15H22BrN3O2. The maximum atomic E-state index is 12.5. The van der Waals surface area contributed by atoms with Crippen molar-refractivity contribution in [1.29, 1.82) is 0 Å². The summed E-state index contributed by atoms with van der Waals surface area (Å²) in [4.78, 5) is 12.5. The normalized spacial score (nSPS) is 25.8. The summed E-state index contributed by atoms with van der Waals surface area (Å²) in [6.45, 7) is 1.36. The molecule has 2 atom stereocenters. The number of anilines is 1. The highest BCUT2D eigenvalue weighted by Gasteiger charge is 2.25. The quantitative estimate of drug-likeness (QED) is 0.850. The van der Waals surface area contributed by atoms with Crippen molar-refractivity contribution in [3.8, 4) is 0 Å². The molecule has 2 aliphatic rings. The lowest BCUT2D eigenvalue weighted by Gasteiger charge is -2.25. The second-order valence-corrected chi connectivity index (χ2v) is 7.15. The Morgan fingerprint density at radius 2 is 2.10 bits per heavy atom. The van der Waals surface area contributed by atoms with Crippen LogP contribution in [0, 0.1) is 11.8 Å². The van der Waals surface area contributed by atoms with E-state index in [4.69, 9.17) is 0 Å². The third-order valence-electron chi connectivity index (χ3n) is 4.81. The molecule has 0 aliphatic heterocycles. The fourth-order valence-electron chi connectivity index (χ4n) is 3.17. The molecule has 2 saturated carbocycles. The molecule has 2 aliphatic carbocycles. The van der Waals surface area contributed by atoms with Gasteiger partial charge in [-0.3, -0.25) is 4.79 Å². The lowest BCUT2D eigenvalue weighted by Crippen LogP contribution is -2.32. The zero-order chi connectivity index (χ0) is 14.8. The highest BCUT2D eigenvalue weighted by atomic mass is 79.9. The van der Waals surface area contributed by atoms with Crippen LogP contribution in [-0.2, 0) is 6.54 Å². The van der Waals surface area contributed by atoms with E-state index in [1.54, 1.807) is 10.9 Å². The largest absolute Gasteiger partial charge is 0.393 e. The first-order chi connectivity index (χ1) is 10.1. The van der Waals surface area contributed by atoms with Crippen LogP contribution in [0.2, 0.25) is 0 Å². The highest BCUT2D eigenvalue weighted by Crippen LogP contribution is 2.28. The summed E-state index contributed by atoms with van der Waals surface area (Å²) in [6.07, 6.45) is 8.06. The van der Waals surface area contributed by atoms with Crippen LogP contribution in [0.15, 0.2) is 15.5 Å². The molecule has 0 bridgehead atoms. The molecule has 0 aromatic carbocycles. The second kappa shape index (κ2) is 6.48. The molecule has 0 amide bonds. The first kappa shape index (κ1) is 15.0. The molecular weight excluding hydrogens is 334 g/mol. The predicted molar refractivity (Wildman–Crippen MR) is 85.4 cm³/mol. The number of aliphatic hydroxyl groups is 1. The number of aliphatic hydroxyl groups excluding tert-OH is 1. The van der Waals surface area contributed by atoms with Crippen LogP contribution in [0.1, 0.15) is 38.5 Å². The Kier molecular flexibility index (Phi) is 4.64. The number of rotatable bonds is 5. The van der Waals surface area contributed by atoms with Crippen molar-refractivity contribution >= 4 is 21.6 Å². The minimum absolute atomic E-state index is 0.0660. The topological polar surface area (TPSA) is 67.2 Å². The van der Waals surface area contributed by atoms with Crippen LogP contribution in [0.4, 0.5) is 5.69 Å². The lowest BCUT2D eigenvalue weighted by molar-refractivity contribution is 0.138. The fraction of sp³-hybridized carbons (Fsp3) is 0.733. The van der Waals surface area contributed by atoms with Gasteiger partial charge in [0, 0.05) is 19.0 Å². The number of nitrogens with zero attached hydrogens (tertiary/aromatic N) is 2. The molecule has 2 unspecified atom stereocenters. The monoisotopic (exact) mass is 355 g/mol. The number of hydrogen-bond donors (Lipinski definition) is 2. The Balaban J connectivity index is 1.70. The van der Waals surface area contributed by atoms with Crippen LogP contribution < -0.4 is 10.9 Å². The van der Waals surface area contributed by atoms with Crippen molar-refractivity contribution in [1.82, 2.24) is 9.78 Å². The van der Waals surface area contributed by atoms with Crippen LogP contribution in [-0.4, -0.2) is 27.5 Å². The highest BCUT2D eigenvalue weighted by molar-refractivity contribution is 9.10. The molecule has 1 aromatic heterocycles. The zero-order valence-corrected chi connectivity index (χ0v) is 13.7. The van der Waals surface area contributed by atoms with E-state index in [1.807, 2.05) is 0 Å². The van der Waals surface area contributed by atoms with Gasteiger partial charge in [0.05, 0.1) is 16.8 Å². The van der Waals surface area contributed by atoms with Crippen molar-refractivity contribution < 1.29 is 5.11 Å². The van der Waals surface area contributed by atoms with E-state index in [0.29, 0.717) is 29.2 Å². The van der Waals surface area contributed by atoms with Crippen molar-refractivity contribution in [3.63, 3.8) is 0 Å². The van der Waals surface area contributed by atoms with Gasteiger partial charge < -0.3 is 10.4 Å². The summed E-state index contributed by atoms with van der Waals surface area (Å²) in [6, 6.07) is 0. The van der Waals surface area contributed by atoms with Gasteiger partial charge in [-0.05, 0) is 47.5 Å². The minimum atomic E-state index is -0.240. The van der Waals surface area contributed by atoms with E-state index in [0.717, 1.165) is 19.3 Å². The van der Waals surface area contributed by atoms with Gasteiger partial charge in [0.15, 0.2) is 0 Å². The van der Waals surface area contributed by atoms with E-state index < -0.39 is 0 Å². The summed E-state index contributed by atoms with van der Waals surface area (Å²) in [5.74, 6) is 0.838. The predicted octanol–water partition coefficient (Wildman–Crippen LogP) is 2.38. The molecule has 2 fully saturated rings. The average Bonchev–Trinajstić information content (AvgIpc) is 2.81. The van der Waals surface area contributed by atoms with Gasteiger partial charge in [-0.25, -0.2) is 4.68 Å².